The van der Waals surface area contributed by atoms with Gasteiger partial charge in [-0.2, -0.15) is 0 Å². The predicted octanol–water partition coefficient (Wildman–Crippen LogP) is -0.0609. The van der Waals surface area contributed by atoms with Gasteiger partial charge in [-0.1, -0.05) is 6.07 Å². The van der Waals surface area contributed by atoms with E-state index in [1.807, 2.05) is 0 Å². The Morgan fingerprint density at radius 1 is 1.30 bits per heavy atom. The molecular formula is C15H18O8. The second-order valence-electron chi connectivity index (χ2n) is 4.83. The van der Waals surface area contributed by atoms with Crippen LogP contribution in [0.3, 0.4) is 0 Å². The standard InChI is InChI=1S/C15H18O8/c1-15(21,14(20)22-2)12(8-16)23-13(19)6-4-9-3-5-10(17)11(18)7-9/h3-7,12,16-18,21H,8H2,1-2H3. The fraction of sp³-hybridized carbons (Fsp3) is 0.333. The summed E-state index contributed by atoms with van der Waals surface area (Å²) < 4.78 is 9.20. The molecule has 0 radical (unpaired) electrons. The number of carbonyl (C=O) groups is 2. The highest BCUT2D eigenvalue weighted by Gasteiger charge is 2.42. The molecule has 0 aliphatic rings. The minimum atomic E-state index is -2.20. The molecule has 1 rings (SSSR count). The molecule has 0 aliphatic heterocycles. The molecule has 0 fully saturated rings. The zero-order chi connectivity index (χ0) is 17.6. The molecule has 126 valence electrons. The van der Waals surface area contributed by atoms with Crippen LogP contribution in [-0.2, 0) is 19.1 Å². The van der Waals surface area contributed by atoms with Crippen LogP contribution in [0.1, 0.15) is 12.5 Å². The average Bonchev–Trinajstić information content (AvgIpc) is 2.52. The van der Waals surface area contributed by atoms with Crippen molar-refractivity contribution in [1.29, 1.82) is 0 Å². The number of aromatic hydroxyl groups is 2. The van der Waals surface area contributed by atoms with Gasteiger partial charge in [-0.25, -0.2) is 9.59 Å². The summed E-state index contributed by atoms with van der Waals surface area (Å²) in [6.45, 7) is 0.260. The van der Waals surface area contributed by atoms with Gasteiger partial charge in [0.05, 0.1) is 13.7 Å². The molecule has 2 unspecified atom stereocenters. The van der Waals surface area contributed by atoms with E-state index in [9.17, 15) is 30.0 Å². The molecule has 8 heteroatoms. The molecule has 0 heterocycles. The molecule has 1 aromatic carbocycles. The van der Waals surface area contributed by atoms with Crippen LogP contribution in [0.15, 0.2) is 24.3 Å². The highest BCUT2D eigenvalue weighted by atomic mass is 16.6. The molecule has 0 bridgehead atoms. The minimum absolute atomic E-state index is 0.306. The zero-order valence-electron chi connectivity index (χ0n) is 12.6. The molecule has 0 saturated heterocycles. The van der Waals surface area contributed by atoms with Gasteiger partial charge >= 0.3 is 11.9 Å². The van der Waals surface area contributed by atoms with Crippen LogP contribution < -0.4 is 0 Å². The van der Waals surface area contributed by atoms with Crippen LogP contribution in [0.5, 0.6) is 11.5 Å². The number of ether oxygens (including phenoxy) is 2. The maximum absolute atomic E-state index is 11.7. The van der Waals surface area contributed by atoms with Crippen molar-refractivity contribution >= 4 is 18.0 Å². The molecule has 0 saturated carbocycles. The fourth-order valence-electron chi connectivity index (χ4n) is 1.66. The van der Waals surface area contributed by atoms with Crippen molar-refractivity contribution in [2.45, 2.75) is 18.6 Å². The van der Waals surface area contributed by atoms with E-state index in [1.165, 1.54) is 24.3 Å². The number of rotatable bonds is 6. The van der Waals surface area contributed by atoms with Crippen LogP contribution >= 0.6 is 0 Å². The maximum atomic E-state index is 11.7. The van der Waals surface area contributed by atoms with E-state index in [2.05, 4.69) is 4.74 Å². The molecule has 0 spiro atoms. The Bertz CT molecular complexity index is 605. The highest BCUT2D eigenvalue weighted by Crippen LogP contribution is 2.25. The first-order valence-electron chi connectivity index (χ1n) is 6.54. The number of aliphatic hydroxyl groups excluding tert-OH is 1. The smallest absolute Gasteiger partial charge is 0.341 e. The van der Waals surface area contributed by atoms with Crippen molar-refractivity contribution in [3.8, 4) is 11.5 Å². The van der Waals surface area contributed by atoms with Gasteiger partial charge in [0.1, 0.15) is 0 Å². The van der Waals surface area contributed by atoms with E-state index in [1.54, 1.807) is 0 Å². The largest absolute Gasteiger partial charge is 0.504 e. The Labute approximate surface area is 132 Å². The highest BCUT2D eigenvalue weighted by molar-refractivity contribution is 5.88. The average molecular weight is 326 g/mol. The summed E-state index contributed by atoms with van der Waals surface area (Å²) in [5.41, 5.74) is -1.80. The predicted molar refractivity (Wildman–Crippen MR) is 78.4 cm³/mol. The first-order valence-corrected chi connectivity index (χ1v) is 6.54. The maximum Gasteiger partial charge on any atom is 0.341 e. The number of carbonyl (C=O) groups excluding carboxylic acids is 2. The third kappa shape index (κ3) is 4.70. The summed E-state index contributed by atoms with van der Waals surface area (Å²) >= 11 is 0. The van der Waals surface area contributed by atoms with Crippen molar-refractivity contribution in [3.63, 3.8) is 0 Å². The Morgan fingerprint density at radius 3 is 2.48 bits per heavy atom. The van der Waals surface area contributed by atoms with E-state index < -0.39 is 30.3 Å². The third-order valence-corrected chi connectivity index (χ3v) is 3.06. The summed E-state index contributed by atoms with van der Waals surface area (Å²) in [5.74, 6) is -2.65. The van der Waals surface area contributed by atoms with Gasteiger partial charge in [-0.3, -0.25) is 0 Å². The number of esters is 2. The van der Waals surface area contributed by atoms with E-state index in [4.69, 9.17) is 4.74 Å². The monoisotopic (exact) mass is 326 g/mol. The van der Waals surface area contributed by atoms with Crippen LogP contribution in [-0.4, -0.2) is 57.8 Å². The van der Waals surface area contributed by atoms with E-state index in [-0.39, 0.29) is 11.5 Å². The van der Waals surface area contributed by atoms with Gasteiger partial charge in [0.15, 0.2) is 23.2 Å². The molecule has 0 aromatic heterocycles. The van der Waals surface area contributed by atoms with E-state index in [0.717, 1.165) is 20.1 Å². The number of hydrogen-bond acceptors (Lipinski definition) is 8. The van der Waals surface area contributed by atoms with Gasteiger partial charge in [-0.15, -0.1) is 0 Å². The van der Waals surface area contributed by atoms with Gasteiger partial charge in [0.2, 0.25) is 0 Å². The van der Waals surface area contributed by atoms with E-state index >= 15 is 0 Å². The Hall–Kier alpha value is -2.58. The van der Waals surface area contributed by atoms with Crippen molar-refractivity contribution in [2.75, 3.05) is 13.7 Å². The lowest BCUT2D eigenvalue weighted by atomic mass is 10.00. The van der Waals surface area contributed by atoms with E-state index in [0.29, 0.717) is 5.56 Å². The van der Waals surface area contributed by atoms with Crippen molar-refractivity contribution < 1.29 is 39.5 Å². The van der Waals surface area contributed by atoms with Crippen molar-refractivity contribution in [2.24, 2.45) is 0 Å². The number of benzene rings is 1. The summed E-state index contributed by atoms with van der Waals surface area (Å²) in [4.78, 5) is 23.1. The van der Waals surface area contributed by atoms with Gasteiger partial charge in [0.25, 0.3) is 0 Å². The normalized spacial score (nSPS) is 15.0. The molecule has 23 heavy (non-hydrogen) atoms. The van der Waals surface area contributed by atoms with Crippen LogP contribution in [0.2, 0.25) is 0 Å². The molecule has 0 amide bonds. The zero-order valence-corrected chi connectivity index (χ0v) is 12.6. The summed E-state index contributed by atoms with van der Waals surface area (Å²) in [5, 5.41) is 37.6. The summed E-state index contributed by atoms with van der Waals surface area (Å²) in [6.07, 6.45) is 0.741. The summed E-state index contributed by atoms with van der Waals surface area (Å²) in [6, 6.07) is 3.89. The van der Waals surface area contributed by atoms with Crippen molar-refractivity contribution in [3.05, 3.63) is 29.8 Å². The van der Waals surface area contributed by atoms with Crippen LogP contribution in [0.25, 0.3) is 6.08 Å². The topological polar surface area (TPSA) is 134 Å². The lowest BCUT2D eigenvalue weighted by Crippen LogP contribution is -2.51. The lowest BCUT2D eigenvalue weighted by Gasteiger charge is -2.27. The van der Waals surface area contributed by atoms with Crippen LogP contribution in [0.4, 0.5) is 0 Å². The number of phenolic OH excluding ortho intramolecular Hbond substituents is 2. The molecule has 8 nitrogen and oxygen atoms in total. The van der Waals surface area contributed by atoms with Gasteiger partial charge in [0, 0.05) is 6.08 Å². The molecule has 1 aromatic rings. The molecule has 2 atom stereocenters. The molecular weight excluding hydrogens is 308 g/mol. The Balaban J connectivity index is 2.79. The third-order valence-electron chi connectivity index (χ3n) is 3.06. The van der Waals surface area contributed by atoms with Crippen LogP contribution in [0, 0.1) is 0 Å². The number of methoxy groups -OCH3 is 1. The SMILES string of the molecule is COC(=O)C(C)(O)C(CO)OC(=O)C=Cc1ccc(O)c(O)c1. The number of aliphatic hydroxyl groups is 2. The molecule has 0 aliphatic carbocycles. The molecule has 4 N–H and O–H groups in total. The second-order valence-corrected chi connectivity index (χ2v) is 4.83. The second kappa shape index (κ2) is 7.61. The first kappa shape index (κ1) is 18.5. The quantitative estimate of drug-likeness (QED) is 0.324. The van der Waals surface area contributed by atoms with Crippen molar-refractivity contribution in [1.82, 2.24) is 0 Å². The Kier molecular flexibility index (Phi) is 6.11. The first-order chi connectivity index (χ1) is 10.7. The summed E-state index contributed by atoms with van der Waals surface area (Å²) in [7, 11) is 1.05. The Morgan fingerprint density at radius 2 is 1.96 bits per heavy atom. The fourth-order valence-corrected chi connectivity index (χ4v) is 1.66. The minimum Gasteiger partial charge on any atom is -0.504 e. The number of hydrogen-bond donors (Lipinski definition) is 4. The van der Waals surface area contributed by atoms with Gasteiger partial charge < -0.3 is 29.9 Å². The number of phenols is 2. The lowest BCUT2D eigenvalue weighted by molar-refractivity contribution is -0.184. The van der Waals surface area contributed by atoms with Gasteiger partial charge in [-0.05, 0) is 30.7 Å².